The number of carboxylic acid groups (broad SMARTS) is 2. The van der Waals surface area contributed by atoms with Crippen molar-refractivity contribution in [2.75, 3.05) is 0 Å². The van der Waals surface area contributed by atoms with E-state index in [0.29, 0.717) is 0 Å². The number of benzene rings is 1. The second-order valence-corrected chi connectivity index (χ2v) is 4.77. The second kappa shape index (κ2) is 9.66. The third-order valence-electron chi connectivity index (χ3n) is 3.21. The fraction of sp³-hybridized carbons (Fsp3) is 0.429. The normalized spacial score (nSPS) is 20.5. The van der Waals surface area contributed by atoms with Gasteiger partial charge in [-0.25, -0.2) is 0 Å². The van der Waals surface area contributed by atoms with E-state index >= 15 is 0 Å². The van der Waals surface area contributed by atoms with Gasteiger partial charge in [-0.2, -0.15) is 0 Å². The average molecular weight is 473 g/mol. The van der Waals surface area contributed by atoms with E-state index in [0.717, 1.165) is 18.9 Å². The molecule has 0 aromatic heterocycles. The maximum absolute atomic E-state index is 10.3. The number of rotatable bonds is 2. The fourth-order valence-electron chi connectivity index (χ4n) is 1.96. The summed E-state index contributed by atoms with van der Waals surface area (Å²) in [4.78, 5) is 20.5. The number of hydrogen-bond donors (Lipinski definition) is 2. The molecular weight excluding hydrogens is 455 g/mol. The molecule has 0 aliphatic heterocycles. The average Bonchev–Trinajstić information content (AvgIpc) is 2.43. The van der Waals surface area contributed by atoms with Gasteiger partial charge >= 0.3 is 21.1 Å². The number of carbonyl (C=O) groups excluding carboxylic acids is 2. The zero-order chi connectivity index (χ0) is 15.1. The van der Waals surface area contributed by atoms with E-state index < -0.39 is 11.9 Å². The Bertz CT molecular complexity index is 443. The molecule has 1 aliphatic carbocycles. The first kappa shape index (κ1) is 19.8. The first-order valence-electron chi connectivity index (χ1n) is 6.45. The van der Waals surface area contributed by atoms with Crippen molar-refractivity contribution in [3.63, 3.8) is 0 Å². The van der Waals surface area contributed by atoms with Crippen molar-refractivity contribution in [3.8, 4) is 0 Å². The van der Waals surface area contributed by atoms with Crippen LogP contribution in [0.15, 0.2) is 24.3 Å². The van der Waals surface area contributed by atoms with Crippen molar-refractivity contribution >= 4 is 11.9 Å². The topological polar surface area (TPSA) is 132 Å². The van der Waals surface area contributed by atoms with Crippen LogP contribution in [0.1, 0.15) is 46.4 Å². The van der Waals surface area contributed by atoms with E-state index in [9.17, 15) is 19.8 Å². The third kappa shape index (κ3) is 6.84. The minimum Gasteiger partial charge on any atom is -0.545 e. The zero-order valence-electron chi connectivity index (χ0n) is 11.4. The summed E-state index contributed by atoms with van der Waals surface area (Å²) in [5.41, 5.74) is 11.0. The van der Waals surface area contributed by atoms with Gasteiger partial charge in [0.05, 0.1) is 11.9 Å². The maximum atomic E-state index is 10.3. The van der Waals surface area contributed by atoms with Crippen LogP contribution >= 0.6 is 0 Å². The first-order valence-corrected chi connectivity index (χ1v) is 6.45. The first-order chi connectivity index (χ1) is 9.41. The Hall–Kier alpha value is -1.23. The Labute approximate surface area is 137 Å². The van der Waals surface area contributed by atoms with Crippen molar-refractivity contribution in [1.82, 2.24) is 0 Å². The Morgan fingerprint density at radius 2 is 1.33 bits per heavy atom. The quantitative estimate of drug-likeness (QED) is 0.545. The molecule has 2 unspecified atom stereocenters. The van der Waals surface area contributed by atoms with E-state index in [-0.39, 0.29) is 44.3 Å². The van der Waals surface area contributed by atoms with Gasteiger partial charge in [0.1, 0.15) is 0 Å². The Morgan fingerprint density at radius 1 is 0.952 bits per heavy atom. The molecule has 6 nitrogen and oxygen atoms in total. The van der Waals surface area contributed by atoms with Gasteiger partial charge in [0.15, 0.2) is 0 Å². The van der Waals surface area contributed by atoms with E-state index in [1.807, 2.05) is 0 Å². The monoisotopic (exact) mass is 473 g/mol. The minimum absolute atomic E-state index is 0. The number of carbonyl (C=O) groups is 2. The molecule has 0 bridgehead atoms. The second-order valence-electron chi connectivity index (χ2n) is 4.77. The van der Waals surface area contributed by atoms with Crippen molar-refractivity contribution in [3.05, 3.63) is 35.4 Å². The van der Waals surface area contributed by atoms with Crippen LogP contribution in [0.5, 0.6) is 0 Å². The zero-order valence-corrected chi connectivity index (χ0v) is 13.7. The molecule has 0 radical (unpaired) electrons. The maximum Gasteiger partial charge on any atom is 4.00 e. The van der Waals surface area contributed by atoms with Gasteiger partial charge < -0.3 is 31.3 Å². The van der Waals surface area contributed by atoms with Crippen LogP contribution < -0.4 is 21.7 Å². The molecule has 116 valence electrons. The summed E-state index contributed by atoms with van der Waals surface area (Å²) in [5, 5.41) is 20.5. The Kier molecular flexibility index (Phi) is 9.09. The van der Waals surface area contributed by atoms with Crippen LogP contribution in [0.25, 0.3) is 0 Å². The summed E-state index contributed by atoms with van der Waals surface area (Å²) in [5.74, 6) is -2.81. The van der Waals surface area contributed by atoms with Crippen molar-refractivity contribution in [2.24, 2.45) is 11.5 Å². The minimum atomic E-state index is -1.40. The van der Waals surface area contributed by atoms with Crippen LogP contribution in [-0.2, 0) is 21.1 Å². The molecule has 0 heterocycles. The van der Waals surface area contributed by atoms with E-state index in [1.165, 1.54) is 31.0 Å². The van der Waals surface area contributed by atoms with Crippen LogP contribution in [0.4, 0.5) is 0 Å². The van der Waals surface area contributed by atoms with Crippen molar-refractivity contribution < 1.29 is 40.9 Å². The molecule has 0 spiro atoms. The summed E-state index contributed by atoms with van der Waals surface area (Å²) < 4.78 is 0. The Morgan fingerprint density at radius 3 is 1.62 bits per heavy atom. The number of nitrogens with two attached hydrogens (primary N) is 2. The molecule has 4 N–H and O–H groups in total. The van der Waals surface area contributed by atoms with Crippen LogP contribution in [0.3, 0.4) is 0 Å². The third-order valence-corrected chi connectivity index (χ3v) is 3.21. The molecule has 1 aliphatic rings. The molecule has 1 aromatic rings. The van der Waals surface area contributed by atoms with Gasteiger partial charge in [-0.05, 0) is 30.0 Å². The molecule has 1 aromatic carbocycles. The number of carboxylic acids is 2. The number of aromatic carboxylic acids is 2. The molecular formula is C14H18N2O4Pt+2. The van der Waals surface area contributed by atoms with Crippen LogP contribution in [0.2, 0.25) is 0 Å². The standard InChI is InChI=1S/C8H6O4.C6H14N2.Pt/c9-7(10)5-2-1-3-6(4-5)8(11)12;7-5-3-1-2-4-6(5)8;/h1-4H,(H,9,10)(H,11,12);5-6H,1-4,7-8H2;/q;;+4/p-2. The van der Waals surface area contributed by atoms with Gasteiger partial charge in [0.2, 0.25) is 0 Å². The van der Waals surface area contributed by atoms with Gasteiger partial charge in [-0.15, -0.1) is 0 Å². The van der Waals surface area contributed by atoms with Crippen molar-refractivity contribution in [1.29, 1.82) is 0 Å². The molecule has 1 saturated carbocycles. The molecule has 0 saturated heterocycles. The van der Waals surface area contributed by atoms with Gasteiger partial charge in [-0.1, -0.05) is 31.0 Å². The SMILES string of the molecule is NC1CCCCC1N.O=C([O-])c1cccc(C(=O)[O-])c1.[Pt+4]. The smallest absolute Gasteiger partial charge is 0.545 e. The van der Waals surface area contributed by atoms with Gasteiger partial charge in [0, 0.05) is 12.1 Å². The molecule has 2 rings (SSSR count). The fourth-order valence-corrected chi connectivity index (χ4v) is 1.96. The van der Waals surface area contributed by atoms with E-state index in [4.69, 9.17) is 11.5 Å². The largest absolute Gasteiger partial charge is 4.00 e. The van der Waals surface area contributed by atoms with Gasteiger partial charge in [0.25, 0.3) is 0 Å². The van der Waals surface area contributed by atoms with E-state index in [1.54, 1.807) is 0 Å². The predicted molar refractivity (Wildman–Crippen MR) is 69.5 cm³/mol. The molecule has 2 atom stereocenters. The summed E-state index contributed by atoms with van der Waals surface area (Å²) in [6, 6.07) is 5.37. The molecule has 0 amide bonds. The molecule has 21 heavy (non-hydrogen) atoms. The van der Waals surface area contributed by atoms with Crippen LogP contribution in [0, 0.1) is 0 Å². The molecule has 1 fully saturated rings. The summed E-state index contributed by atoms with van der Waals surface area (Å²) >= 11 is 0. The Balaban J connectivity index is 0.000000390. The van der Waals surface area contributed by atoms with Gasteiger partial charge in [-0.3, -0.25) is 0 Å². The van der Waals surface area contributed by atoms with Crippen molar-refractivity contribution in [2.45, 2.75) is 37.8 Å². The molecule has 7 heteroatoms. The summed E-state index contributed by atoms with van der Waals surface area (Å²) in [7, 11) is 0. The summed E-state index contributed by atoms with van der Waals surface area (Å²) in [6.45, 7) is 0. The summed E-state index contributed by atoms with van der Waals surface area (Å²) in [6.07, 6.45) is 4.80. The van der Waals surface area contributed by atoms with Crippen LogP contribution in [-0.4, -0.2) is 24.0 Å². The number of hydrogen-bond acceptors (Lipinski definition) is 6. The van der Waals surface area contributed by atoms with E-state index in [2.05, 4.69) is 0 Å². The predicted octanol–water partition coefficient (Wildman–Crippen LogP) is -1.37.